The third-order valence-electron chi connectivity index (χ3n) is 3.34. The highest BCUT2D eigenvalue weighted by atomic mass is 14.9. The van der Waals surface area contributed by atoms with Crippen LogP contribution < -0.4 is 5.32 Å². The van der Waals surface area contributed by atoms with Gasteiger partial charge in [0.2, 0.25) is 0 Å². The molecule has 0 radical (unpaired) electrons. The highest BCUT2D eigenvalue weighted by Crippen LogP contribution is 2.22. The second-order valence-electron chi connectivity index (χ2n) is 5.16. The van der Waals surface area contributed by atoms with Gasteiger partial charge in [-0.15, -0.1) is 0 Å². The molecule has 0 fully saturated rings. The summed E-state index contributed by atoms with van der Waals surface area (Å²) >= 11 is 0. The third-order valence-corrected chi connectivity index (χ3v) is 3.34. The van der Waals surface area contributed by atoms with E-state index in [2.05, 4.69) is 30.2 Å². The van der Waals surface area contributed by atoms with Gasteiger partial charge < -0.3 is 5.32 Å². The molecular weight excluding hydrogens is 234 g/mol. The Morgan fingerprint density at radius 3 is 2.58 bits per heavy atom. The van der Waals surface area contributed by atoms with Crippen molar-refractivity contribution in [3.8, 4) is 6.07 Å². The molecule has 0 amide bonds. The summed E-state index contributed by atoms with van der Waals surface area (Å²) in [6.45, 7) is 8.29. The second kappa shape index (κ2) is 7.78. The minimum atomic E-state index is 0.457. The molecule has 104 valence electrons. The molecule has 1 unspecified atom stereocenters. The Morgan fingerprint density at radius 1 is 1.26 bits per heavy atom. The van der Waals surface area contributed by atoms with Crippen molar-refractivity contribution in [2.75, 3.05) is 5.32 Å². The highest BCUT2D eigenvalue weighted by Gasteiger charge is 2.12. The van der Waals surface area contributed by atoms with Gasteiger partial charge in [-0.2, -0.15) is 5.26 Å². The summed E-state index contributed by atoms with van der Waals surface area (Å²) in [4.78, 5) is 4.36. The van der Waals surface area contributed by atoms with Crippen LogP contribution in [0.1, 0.15) is 62.9 Å². The van der Waals surface area contributed by atoms with Crippen molar-refractivity contribution in [2.24, 2.45) is 0 Å². The maximum atomic E-state index is 9.28. The summed E-state index contributed by atoms with van der Waals surface area (Å²) in [5.74, 6) is 0. The number of anilines is 1. The van der Waals surface area contributed by atoms with Gasteiger partial charge >= 0.3 is 0 Å². The Labute approximate surface area is 117 Å². The molecule has 0 aliphatic carbocycles. The van der Waals surface area contributed by atoms with Gasteiger partial charge in [0.1, 0.15) is 6.07 Å². The quantitative estimate of drug-likeness (QED) is 0.792. The molecule has 1 aromatic rings. The van der Waals surface area contributed by atoms with E-state index in [1.807, 2.05) is 19.9 Å². The van der Waals surface area contributed by atoms with Crippen LogP contribution in [0.2, 0.25) is 0 Å². The number of rotatable bonds is 7. The van der Waals surface area contributed by atoms with Gasteiger partial charge in [-0.3, -0.25) is 4.98 Å². The van der Waals surface area contributed by atoms with Crippen molar-refractivity contribution in [1.82, 2.24) is 4.98 Å². The van der Waals surface area contributed by atoms with E-state index in [0.717, 1.165) is 36.3 Å². The molecule has 19 heavy (non-hydrogen) atoms. The molecular formula is C16H25N3. The molecule has 0 saturated carbocycles. The molecule has 1 heterocycles. The van der Waals surface area contributed by atoms with Gasteiger partial charge in [-0.25, -0.2) is 0 Å². The summed E-state index contributed by atoms with van der Waals surface area (Å²) in [7, 11) is 0. The second-order valence-corrected chi connectivity index (χ2v) is 5.16. The summed E-state index contributed by atoms with van der Waals surface area (Å²) in [6, 6.07) is 4.71. The molecule has 1 rings (SSSR count). The summed E-state index contributed by atoms with van der Waals surface area (Å²) < 4.78 is 0. The molecule has 0 bridgehead atoms. The largest absolute Gasteiger partial charge is 0.381 e. The zero-order valence-corrected chi connectivity index (χ0v) is 12.6. The Bertz CT molecular complexity index is 446. The fourth-order valence-corrected chi connectivity index (χ4v) is 2.39. The Balaban J connectivity index is 2.92. The lowest BCUT2D eigenvalue weighted by Crippen LogP contribution is -2.20. The lowest BCUT2D eigenvalue weighted by atomic mass is 10.0. The number of aryl methyl sites for hydroxylation is 2. The normalized spacial score (nSPS) is 11.9. The van der Waals surface area contributed by atoms with E-state index in [9.17, 15) is 5.26 Å². The van der Waals surface area contributed by atoms with E-state index >= 15 is 0 Å². The van der Waals surface area contributed by atoms with Gasteiger partial charge in [0.15, 0.2) is 0 Å². The average molecular weight is 259 g/mol. The van der Waals surface area contributed by atoms with Crippen LogP contribution in [0.25, 0.3) is 0 Å². The van der Waals surface area contributed by atoms with Crippen LogP contribution in [0.15, 0.2) is 6.07 Å². The molecule has 0 saturated heterocycles. The Kier molecular flexibility index (Phi) is 6.35. The lowest BCUT2D eigenvalue weighted by Gasteiger charge is -2.20. The number of nitriles is 1. The van der Waals surface area contributed by atoms with Gasteiger partial charge in [0.05, 0.1) is 16.9 Å². The third kappa shape index (κ3) is 4.55. The predicted molar refractivity (Wildman–Crippen MR) is 80.3 cm³/mol. The van der Waals surface area contributed by atoms with Crippen molar-refractivity contribution in [2.45, 2.75) is 65.8 Å². The monoisotopic (exact) mass is 259 g/mol. The first-order chi connectivity index (χ1) is 9.12. The number of nitrogens with zero attached hydrogens (tertiary/aromatic N) is 2. The van der Waals surface area contributed by atoms with Crippen LogP contribution in [-0.4, -0.2) is 11.0 Å². The summed E-state index contributed by atoms with van der Waals surface area (Å²) in [6.07, 6.45) is 5.90. The van der Waals surface area contributed by atoms with Crippen molar-refractivity contribution >= 4 is 5.69 Å². The SMILES string of the molecule is CCCCC(CCC)Nc1cc(C)nc(C)c1C#N. The van der Waals surface area contributed by atoms with Crippen LogP contribution in [-0.2, 0) is 0 Å². The zero-order valence-electron chi connectivity index (χ0n) is 12.6. The lowest BCUT2D eigenvalue weighted by molar-refractivity contribution is 0.564. The molecule has 3 heteroatoms. The fourth-order valence-electron chi connectivity index (χ4n) is 2.39. The van der Waals surface area contributed by atoms with E-state index in [1.165, 1.54) is 12.8 Å². The van der Waals surface area contributed by atoms with E-state index in [0.29, 0.717) is 11.6 Å². The van der Waals surface area contributed by atoms with Crippen molar-refractivity contribution in [3.05, 3.63) is 23.0 Å². The van der Waals surface area contributed by atoms with E-state index in [4.69, 9.17) is 0 Å². The molecule has 1 atom stereocenters. The van der Waals surface area contributed by atoms with Crippen LogP contribution in [0.4, 0.5) is 5.69 Å². The van der Waals surface area contributed by atoms with Crippen molar-refractivity contribution < 1.29 is 0 Å². The number of hydrogen-bond donors (Lipinski definition) is 1. The van der Waals surface area contributed by atoms with E-state index < -0.39 is 0 Å². The van der Waals surface area contributed by atoms with E-state index in [-0.39, 0.29) is 0 Å². The molecule has 3 nitrogen and oxygen atoms in total. The molecule has 0 aliphatic rings. The van der Waals surface area contributed by atoms with Crippen LogP contribution in [0, 0.1) is 25.2 Å². The van der Waals surface area contributed by atoms with Crippen LogP contribution >= 0.6 is 0 Å². The topological polar surface area (TPSA) is 48.7 Å². The number of hydrogen-bond acceptors (Lipinski definition) is 3. The minimum Gasteiger partial charge on any atom is -0.381 e. The van der Waals surface area contributed by atoms with Gasteiger partial charge in [0, 0.05) is 11.7 Å². The first-order valence-electron chi connectivity index (χ1n) is 7.27. The van der Waals surface area contributed by atoms with Crippen LogP contribution in [0.3, 0.4) is 0 Å². The Hall–Kier alpha value is -1.56. The smallest absolute Gasteiger partial charge is 0.103 e. The first-order valence-corrected chi connectivity index (χ1v) is 7.27. The predicted octanol–water partition coefficient (Wildman–Crippen LogP) is 4.34. The molecule has 1 aromatic heterocycles. The average Bonchev–Trinajstić information content (AvgIpc) is 2.35. The first kappa shape index (κ1) is 15.5. The maximum absolute atomic E-state index is 9.28. The van der Waals surface area contributed by atoms with Gasteiger partial charge in [-0.05, 0) is 32.8 Å². The number of pyridine rings is 1. The zero-order chi connectivity index (χ0) is 14.3. The minimum absolute atomic E-state index is 0.457. The van der Waals surface area contributed by atoms with Crippen LogP contribution in [0.5, 0.6) is 0 Å². The molecule has 0 aromatic carbocycles. The molecule has 1 N–H and O–H groups in total. The molecule has 0 spiro atoms. The van der Waals surface area contributed by atoms with Gasteiger partial charge in [0.25, 0.3) is 0 Å². The number of aromatic nitrogens is 1. The summed E-state index contributed by atoms with van der Waals surface area (Å²) in [5.41, 5.74) is 3.41. The molecule has 0 aliphatic heterocycles. The maximum Gasteiger partial charge on any atom is 0.103 e. The number of unbranched alkanes of at least 4 members (excludes halogenated alkanes) is 1. The number of nitrogens with one attached hydrogen (secondary N) is 1. The van der Waals surface area contributed by atoms with Crippen molar-refractivity contribution in [1.29, 1.82) is 5.26 Å². The highest BCUT2D eigenvalue weighted by molar-refractivity contribution is 5.60. The van der Waals surface area contributed by atoms with E-state index in [1.54, 1.807) is 0 Å². The van der Waals surface area contributed by atoms with Crippen molar-refractivity contribution in [3.63, 3.8) is 0 Å². The van der Waals surface area contributed by atoms with Gasteiger partial charge in [-0.1, -0.05) is 33.1 Å². The summed E-state index contributed by atoms with van der Waals surface area (Å²) in [5, 5.41) is 12.8. The Morgan fingerprint density at radius 2 is 2.00 bits per heavy atom. The fraction of sp³-hybridized carbons (Fsp3) is 0.625. The standard InChI is InChI=1S/C16H25N3/c1-5-7-9-14(8-6-2)19-16-10-12(3)18-13(4)15(16)11-17/h10,14H,5-9H2,1-4H3,(H,18,19).